The van der Waals surface area contributed by atoms with Gasteiger partial charge in [0.1, 0.15) is 29.8 Å². The number of fused-ring (bicyclic) bond motifs is 1. The van der Waals surface area contributed by atoms with Gasteiger partial charge in [-0.15, -0.1) is 0 Å². The molecule has 0 fully saturated rings. The van der Waals surface area contributed by atoms with Gasteiger partial charge < -0.3 is 19.5 Å². The number of para-hydroxylation sites is 3. The van der Waals surface area contributed by atoms with Crippen LogP contribution in [0.5, 0.6) is 5.75 Å². The molecule has 0 aliphatic carbocycles. The van der Waals surface area contributed by atoms with Gasteiger partial charge in [-0.05, 0) is 31.2 Å². The summed E-state index contributed by atoms with van der Waals surface area (Å²) in [5.41, 5.74) is 1.90. The van der Waals surface area contributed by atoms with Crippen LogP contribution in [0.2, 0.25) is 0 Å². The molecule has 0 radical (unpaired) electrons. The monoisotopic (exact) mass is 326 g/mol. The van der Waals surface area contributed by atoms with Crippen LogP contribution in [-0.2, 0) is 6.54 Å². The van der Waals surface area contributed by atoms with Gasteiger partial charge in [0.25, 0.3) is 0 Å². The number of benzene rings is 2. The Balaban J connectivity index is 1.71. The van der Waals surface area contributed by atoms with Crippen molar-refractivity contribution in [2.24, 2.45) is 0 Å². The van der Waals surface area contributed by atoms with Crippen LogP contribution in [0.1, 0.15) is 16.2 Å². The molecule has 0 saturated heterocycles. The zero-order valence-corrected chi connectivity index (χ0v) is 13.2. The fourth-order valence-electron chi connectivity index (χ4n) is 2.65. The lowest BCUT2D eigenvalue weighted by atomic mass is 10.2. The summed E-state index contributed by atoms with van der Waals surface area (Å²) in [6.45, 7) is 2.20. The largest absolute Gasteiger partial charge is 0.490 e. The van der Waals surface area contributed by atoms with Crippen LogP contribution in [0.15, 0.2) is 48.5 Å². The lowest BCUT2D eigenvalue weighted by Crippen LogP contribution is -2.24. The number of ether oxygens (including phenoxy) is 1. The van der Waals surface area contributed by atoms with Crippen LogP contribution < -0.4 is 4.74 Å². The molecule has 2 N–H and O–H groups in total. The summed E-state index contributed by atoms with van der Waals surface area (Å²) < 4.78 is 7.42. The second-order valence-corrected chi connectivity index (χ2v) is 5.52. The van der Waals surface area contributed by atoms with E-state index in [2.05, 4.69) is 4.98 Å². The molecule has 124 valence electrons. The normalized spacial score (nSPS) is 12.2. The van der Waals surface area contributed by atoms with Gasteiger partial charge in [0.15, 0.2) is 0 Å². The van der Waals surface area contributed by atoms with Crippen LogP contribution in [0.3, 0.4) is 0 Å². The summed E-state index contributed by atoms with van der Waals surface area (Å²) in [4.78, 5) is 15.6. The molecule has 0 spiro atoms. The van der Waals surface area contributed by atoms with E-state index in [0.717, 1.165) is 16.9 Å². The molecule has 0 saturated carbocycles. The van der Waals surface area contributed by atoms with Crippen molar-refractivity contribution in [3.63, 3.8) is 0 Å². The van der Waals surface area contributed by atoms with Crippen molar-refractivity contribution >= 4 is 17.0 Å². The number of aryl methyl sites for hydroxylation is 1. The van der Waals surface area contributed by atoms with Crippen molar-refractivity contribution in [2.75, 3.05) is 6.61 Å². The minimum absolute atomic E-state index is 0.00373. The molecule has 0 bridgehead atoms. The smallest absolute Gasteiger partial charge is 0.339 e. The first-order chi connectivity index (χ1) is 11.6. The van der Waals surface area contributed by atoms with E-state index >= 15 is 0 Å². The molecular formula is C18H18N2O4. The number of carboxylic acid groups (broad SMARTS) is 1. The van der Waals surface area contributed by atoms with E-state index in [9.17, 15) is 9.90 Å². The van der Waals surface area contributed by atoms with Gasteiger partial charge >= 0.3 is 5.97 Å². The van der Waals surface area contributed by atoms with E-state index in [1.165, 1.54) is 6.07 Å². The van der Waals surface area contributed by atoms with E-state index < -0.39 is 12.1 Å². The Morgan fingerprint density at radius 2 is 1.92 bits per heavy atom. The number of carboxylic acids is 1. The van der Waals surface area contributed by atoms with Crippen LogP contribution >= 0.6 is 0 Å². The predicted octanol–water partition coefficient (Wildman–Crippen LogP) is 2.48. The Morgan fingerprint density at radius 3 is 2.71 bits per heavy atom. The highest BCUT2D eigenvalue weighted by atomic mass is 16.5. The predicted molar refractivity (Wildman–Crippen MR) is 89.4 cm³/mol. The maximum atomic E-state index is 11.2. The zero-order valence-electron chi connectivity index (χ0n) is 13.2. The maximum absolute atomic E-state index is 11.2. The molecular weight excluding hydrogens is 308 g/mol. The second-order valence-electron chi connectivity index (χ2n) is 5.52. The van der Waals surface area contributed by atoms with Gasteiger partial charge in [-0.25, -0.2) is 9.78 Å². The standard InChI is InChI=1S/C18H18N2O4/c1-12-19-15-7-3-4-8-16(15)20(12)10-13(21)11-24-17-9-5-2-6-14(17)18(22)23/h2-9,13,21H,10-11H2,1H3,(H,22,23)/t13-/m0/s1. The highest BCUT2D eigenvalue weighted by Gasteiger charge is 2.15. The Labute approximate surface area is 138 Å². The number of aromatic nitrogens is 2. The van der Waals surface area contributed by atoms with E-state index in [1.807, 2.05) is 35.8 Å². The molecule has 1 aromatic heterocycles. The van der Waals surface area contributed by atoms with Gasteiger partial charge in [0, 0.05) is 0 Å². The molecule has 1 atom stereocenters. The average Bonchev–Trinajstić information content (AvgIpc) is 2.89. The molecule has 6 heteroatoms. The molecule has 1 heterocycles. The lowest BCUT2D eigenvalue weighted by Gasteiger charge is -2.15. The number of aromatic carboxylic acids is 1. The Kier molecular flexibility index (Phi) is 4.48. The summed E-state index contributed by atoms with van der Waals surface area (Å²) in [6, 6.07) is 14.1. The number of hydrogen-bond acceptors (Lipinski definition) is 4. The number of carbonyl (C=O) groups is 1. The molecule has 0 aliphatic heterocycles. The first kappa shape index (κ1) is 16.0. The van der Waals surface area contributed by atoms with Crippen molar-refractivity contribution in [3.05, 3.63) is 59.9 Å². The Morgan fingerprint density at radius 1 is 1.21 bits per heavy atom. The molecule has 0 aliphatic rings. The number of rotatable bonds is 6. The number of aliphatic hydroxyl groups is 1. The third-order valence-electron chi connectivity index (χ3n) is 3.79. The van der Waals surface area contributed by atoms with E-state index in [-0.39, 0.29) is 17.9 Å². The van der Waals surface area contributed by atoms with Gasteiger partial charge in [-0.1, -0.05) is 24.3 Å². The van der Waals surface area contributed by atoms with Crippen molar-refractivity contribution in [1.29, 1.82) is 0 Å². The van der Waals surface area contributed by atoms with Gasteiger partial charge in [0.2, 0.25) is 0 Å². The van der Waals surface area contributed by atoms with E-state index in [0.29, 0.717) is 6.54 Å². The van der Waals surface area contributed by atoms with Crippen molar-refractivity contribution in [1.82, 2.24) is 9.55 Å². The van der Waals surface area contributed by atoms with Crippen LogP contribution in [0, 0.1) is 6.92 Å². The van der Waals surface area contributed by atoms with Crippen molar-refractivity contribution in [2.45, 2.75) is 19.6 Å². The highest BCUT2D eigenvalue weighted by Crippen LogP contribution is 2.19. The average molecular weight is 326 g/mol. The molecule has 3 rings (SSSR count). The zero-order chi connectivity index (χ0) is 17.1. The summed E-state index contributed by atoms with van der Waals surface area (Å²) in [5.74, 6) is -0.00557. The quantitative estimate of drug-likeness (QED) is 0.727. The highest BCUT2D eigenvalue weighted by molar-refractivity contribution is 5.90. The summed E-state index contributed by atoms with van der Waals surface area (Å²) >= 11 is 0. The van der Waals surface area contributed by atoms with Crippen molar-refractivity contribution < 1.29 is 19.7 Å². The fourth-order valence-corrected chi connectivity index (χ4v) is 2.65. The van der Waals surface area contributed by atoms with E-state index in [1.54, 1.807) is 18.2 Å². The molecule has 0 unspecified atom stereocenters. The number of aliphatic hydroxyl groups excluding tert-OH is 1. The van der Waals surface area contributed by atoms with Gasteiger partial charge in [-0.2, -0.15) is 0 Å². The van der Waals surface area contributed by atoms with Crippen LogP contribution in [-0.4, -0.2) is 38.4 Å². The van der Waals surface area contributed by atoms with Gasteiger partial charge in [0.05, 0.1) is 17.6 Å². The Hall–Kier alpha value is -2.86. The first-order valence-electron chi connectivity index (χ1n) is 7.61. The van der Waals surface area contributed by atoms with Gasteiger partial charge in [-0.3, -0.25) is 0 Å². The summed E-state index contributed by atoms with van der Waals surface area (Å²) in [6.07, 6.45) is -0.789. The summed E-state index contributed by atoms with van der Waals surface area (Å²) in [7, 11) is 0. The molecule has 6 nitrogen and oxygen atoms in total. The van der Waals surface area contributed by atoms with E-state index in [4.69, 9.17) is 9.84 Å². The SMILES string of the molecule is Cc1nc2ccccc2n1C[C@H](O)COc1ccccc1C(=O)O. The fraction of sp³-hybridized carbons (Fsp3) is 0.222. The number of imidazole rings is 1. The third kappa shape index (κ3) is 3.23. The third-order valence-corrected chi connectivity index (χ3v) is 3.79. The topological polar surface area (TPSA) is 84.6 Å². The lowest BCUT2D eigenvalue weighted by molar-refractivity contribution is 0.0677. The Bertz CT molecular complexity index is 872. The molecule has 3 aromatic rings. The summed E-state index contributed by atoms with van der Waals surface area (Å²) in [5, 5.41) is 19.4. The second kappa shape index (κ2) is 6.72. The maximum Gasteiger partial charge on any atom is 0.339 e. The molecule has 0 amide bonds. The molecule has 2 aromatic carbocycles. The molecule has 24 heavy (non-hydrogen) atoms. The van der Waals surface area contributed by atoms with Crippen molar-refractivity contribution in [3.8, 4) is 5.75 Å². The first-order valence-corrected chi connectivity index (χ1v) is 7.61. The van der Waals surface area contributed by atoms with Crippen LogP contribution in [0.4, 0.5) is 0 Å². The number of hydrogen-bond donors (Lipinski definition) is 2. The number of nitrogens with zero attached hydrogens (tertiary/aromatic N) is 2. The minimum atomic E-state index is -1.06. The minimum Gasteiger partial charge on any atom is -0.490 e. The van der Waals surface area contributed by atoms with Crippen LogP contribution in [0.25, 0.3) is 11.0 Å².